The van der Waals surface area contributed by atoms with Gasteiger partial charge >= 0.3 is 0 Å². The van der Waals surface area contributed by atoms with Gasteiger partial charge in [0.05, 0.1) is 22.6 Å². The summed E-state index contributed by atoms with van der Waals surface area (Å²) >= 11 is 5.89. The Labute approximate surface area is 175 Å². The highest BCUT2D eigenvalue weighted by Gasteiger charge is 2.20. The van der Waals surface area contributed by atoms with Gasteiger partial charge in [0.15, 0.2) is 5.76 Å². The molecule has 30 heavy (non-hydrogen) atoms. The molecule has 1 amide bonds. The molecule has 0 radical (unpaired) electrons. The maximum Gasteiger partial charge on any atom is 0.296 e. The van der Waals surface area contributed by atoms with Gasteiger partial charge in [0, 0.05) is 0 Å². The average Bonchev–Trinajstić information content (AvgIpc) is 3.18. The Hall–Kier alpha value is -3.59. The van der Waals surface area contributed by atoms with E-state index in [1.54, 1.807) is 6.92 Å². The van der Waals surface area contributed by atoms with Crippen molar-refractivity contribution in [3.05, 3.63) is 81.0 Å². The summed E-state index contributed by atoms with van der Waals surface area (Å²) in [4.78, 5) is 23.1. The maximum atomic E-state index is 13.1. The van der Waals surface area contributed by atoms with Crippen molar-refractivity contribution in [3.63, 3.8) is 0 Å². The highest BCUT2D eigenvalue weighted by Crippen LogP contribution is 2.30. The molecule has 1 heterocycles. The van der Waals surface area contributed by atoms with Crippen LogP contribution in [0.4, 0.5) is 15.8 Å². The van der Waals surface area contributed by atoms with Crippen molar-refractivity contribution in [3.8, 4) is 11.5 Å². The predicted molar refractivity (Wildman–Crippen MR) is 107 cm³/mol. The van der Waals surface area contributed by atoms with Gasteiger partial charge in [-0.2, -0.15) is 0 Å². The number of anilines is 1. The van der Waals surface area contributed by atoms with Crippen LogP contribution >= 0.6 is 11.6 Å². The molecule has 10 heteroatoms. The molecule has 0 saturated carbocycles. The van der Waals surface area contributed by atoms with Crippen LogP contribution in [0.5, 0.6) is 11.5 Å². The fraction of sp³-hybridized carbons (Fsp3) is 0.150. The molecule has 0 aliphatic heterocycles. The van der Waals surface area contributed by atoms with Crippen molar-refractivity contribution in [2.24, 2.45) is 0 Å². The lowest BCUT2D eigenvalue weighted by Gasteiger charge is -2.08. The largest absolute Gasteiger partial charge is 0.494 e. The molecule has 0 unspecified atom stereocenters. The van der Waals surface area contributed by atoms with E-state index >= 15 is 0 Å². The molecule has 0 atom stereocenters. The molecule has 0 saturated heterocycles. The van der Waals surface area contributed by atoms with Crippen LogP contribution in [0.25, 0.3) is 0 Å². The van der Waals surface area contributed by atoms with E-state index < -0.39 is 16.6 Å². The van der Waals surface area contributed by atoms with Crippen molar-refractivity contribution in [1.82, 2.24) is 0 Å². The first-order valence-electron chi connectivity index (χ1n) is 8.76. The molecule has 1 aromatic heterocycles. The lowest BCUT2D eigenvalue weighted by Crippen LogP contribution is -2.12. The standard InChI is InChI=1S/C20H16ClFN2O6/c1-2-28-13-4-6-16(17(10-13)24(26)27)23-20(25)19-8-5-14(30-19)11-29-18-7-3-12(22)9-15(18)21/h3-10H,2,11H2,1H3,(H,23,25). The highest BCUT2D eigenvalue weighted by molar-refractivity contribution is 6.32. The third-order valence-electron chi connectivity index (χ3n) is 3.87. The van der Waals surface area contributed by atoms with Gasteiger partial charge in [-0.15, -0.1) is 0 Å². The van der Waals surface area contributed by atoms with E-state index in [0.717, 1.165) is 6.07 Å². The summed E-state index contributed by atoms with van der Waals surface area (Å²) in [5.41, 5.74) is -0.309. The third-order valence-corrected chi connectivity index (χ3v) is 4.17. The molecular formula is C20H16ClFN2O6. The number of carbonyl (C=O) groups is 1. The zero-order valence-corrected chi connectivity index (χ0v) is 16.4. The number of rotatable bonds is 8. The van der Waals surface area contributed by atoms with Crippen molar-refractivity contribution in [2.75, 3.05) is 11.9 Å². The smallest absolute Gasteiger partial charge is 0.296 e. The molecule has 0 aliphatic rings. The molecule has 2 aromatic carbocycles. The van der Waals surface area contributed by atoms with Gasteiger partial charge in [0.25, 0.3) is 11.6 Å². The number of nitrogens with one attached hydrogen (secondary N) is 1. The monoisotopic (exact) mass is 434 g/mol. The van der Waals surface area contributed by atoms with E-state index in [0.29, 0.717) is 18.1 Å². The molecular weight excluding hydrogens is 419 g/mol. The normalized spacial score (nSPS) is 10.5. The van der Waals surface area contributed by atoms with Gasteiger partial charge < -0.3 is 19.2 Å². The van der Waals surface area contributed by atoms with E-state index in [1.807, 2.05) is 0 Å². The second-order valence-electron chi connectivity index (χ2n) is 5.95. The molecule has 3 rings (SSSR count). The van der Waals surface area contributed by atoms with Crippen LogP contribution in [0, 0.1) is 15.9 Å². The Bertz CT molecular complexity index is 1080. The summed E-state index contributed by atoms with van der Waals surface area (Å²) < 4.78 is 29.2. The van der Waals surface area contributed by atoms with Gasteiger partial charge in [-0.3, -0.25) is 14.9 Å². The summed E-state index contributed by atoms with van der Waals surface area (Å²) in [5.74, 6) is -0.352. The van der Waals surface area contributed by atoms with E-state index in [-0.39, 0.29) is 34.5 Å². The molecule has 0 aliphatic carbocycles. The van der Waals surface area contributed by atoms with Crippen molar-refractivity contribution in [1.29, 1.82) is 0 Å². The summed E-state index contributed by atoms with van der Waals surface area (Å²) in [7, 11) is 0. The van der Waals surface area contributed by atoms with Gasteiger partial charge in [-0.05, 0) is 49.4 Å². The van der Waals surface area contributed by atoms with Gasteiger partial charge in [0.1, 0.15) is 35.4 Å². The van der Waals surface area contributed by atoms with Crippen LogP contribution in [-0.2, 0) is 6.61 Å². The quantitative estimate of drug-likeness (QED) is 0.385. The van der Waals surface area contributed by atoms with E-state index in [2.05, 4.69) is 5.32 Å². The average molecular weight is 435 g/mol. The number of nitro groups is 1. The number of halogens is 2. The molecule has 156 valence electrons. The minimum Gasteiger partial charge on any atom is -0.494 e. The number of nitrogens with zero attached hydrogens (tertiary/aromatic N) is 1. The highest BCUT2D eigenvalue weighted by atomic mass is 35.5. The van der Waals surface area contributed by atoms with Crippen LogP contribution in [0.3, 0.4) is 0 Å². The summed E-state index contributed by atoms with van der Waals surface area (Å²) in [6, 6.07) is 10.7. The lowest BCUT2D eigenvalue weighted by atomic mass is 10.2. The Morgan fingerprint density at radius 1 is 1.20 bits per heavy atom. The number of hydrogen-bond acceptors (Lipinski definition) is 6. The van der Waals surface area contributed by atoms with Crippen LogP contribution in [0.2, 0.25) is 5.02 Å². The number of hydrogen-bond donors (Lipinski definition) is 1. The Morgan fingerprint density at radius 2 is 2.00 bits per heavy atom. The second-order valence-corrected chi connectivity index (χ2v) is 6.36. The Kier molecular flexibility index (Phi) is 6.53. The molecule has 1 N–H and O–H groups in total. The van der Waals surface area contributed by atoms with Crippen molar-refractivity contribution in [2.45, 2.75) is 13.5 Å². The van der Waals surface area contributed by atoms with Crippen LogP contribution in [0.15, 0.2) is 52.9 Å². The Morgan fingerprint density at radius 3 is 2.70 bits per heavy atom. The minimum atomic E-state index is -0.673. The summed E-state index contributed by atoms with van der Waals surface area (Å²) in [6.45, 7) is 2.05. The zero-order valence-electron chi connectivity index (χ0n) is 15.7. The first-order chi connectivity index (χ1) is 14.4. The van der Waals surface area contributed by atoms with E-state index in [9.17, 15) is 19.3 Å². The lowest BCUT2D eigenvalue weighted by molar-refractivity contribution is -0.384. The number of amides is 1. The molecule has 8 nitrogen and oxygen atoms in total. The zero-order chi connectivity index (χ0) is 21.7. The molecule has 0 bridgehead atoms. The number of carbonyl (C=O) groups excluding carboxylic acids is 1. The van der Waals surface area contributed by atoms with Crippen LogP contribution in [0.1, 0.15) is 23.2 Å². The van der Waals surface area contributed by atoms with Gasteiger partial charge in [-0.1, -0.05) is 11.6 Å². The van der Waals surface area contributed by atoms with Crippen molar-refractivity contribution < 1.29 is 28.0 Å². The molecule has 0 fully saturated rings. The third kappa shape index (κ3) is 5.06. The number of benzene rings is 2. The predicted octanol–water partition coefficient (Wildman–Crippen LogP) is 5.21. The second kappa shape index (κ2) is 9.27. The Balaban J connectivity index is 1.68. The van der Waals surface area contributed by atoms with Crippen LogP contribution in [-0.4, -0.2) is 17.4 Å². The van der Waals surface area contributed by atoms with Gasteiger partial charge in [-0.25, -0.2) is 4.39 Å². The topological polar surface area (TPSA) is 104 Å². The fourth-order valence-corrected chi connectivity index (χ4v) is 2.75. The minimum absolute atomic E-state index is 0.000692. The summed E-state index contributed by atoms with van der Waals surface area (Å²) in [6.07, 6.45) is 0. The number of nitro benzene ring substituents is 1. The maximum absolute atomic E-state index is 13.1. The first-order valence-corrected chi connectivity index (χ1v) is 9.14. The first kappa shape index (κ1) is 21.1. The fourth-order valence-electron chi connectivity index (χ4n) is 2.53. The number of ether oxygens (including phenoxy) is 2. The summed E-state index contributed by atoms with van der Waals surface area (Å²) in [5, 5.41) is 13.8. The van der Waals surface area contributed by atoms with E-state index in [4.69, 9.17) is 25.5 Å². The van der Waals surface area contributed by atoms with Gasteiger partial charge in [0.2, 0.25) is 0 Å². The number of furan rings is 1. The van der Waals surface area contributed by atoms with Crippen molar-refractivity contribution >= 4 is 28.9 Å². The van der Waals surface area contributed by atoms with E-state index in [1.165, 1.54) is 42.5 Å². The van der Waals surface area contributed by atoms with Crippen LogP contribution < -0.4 is 14.8 Å². The molecule has 0 spiro atoms. The SMILES string of the molecule is CCOc1ccc(NC(=O)c2ccc(COc3ccc(F)cc3Cl)o2)c([N+](=O)[O-])c1. The molecule has 3 aromatic rings.